The third-order valence-corrected chi connectivity index (χ3v) is 0.403. The zero-order valence-corrected chi connectivity index (χ0v) is 4.94. The standard InChI is InChI=1S/C3H6OSi.Li/c1-2-3-4-5;/h2,4H,1,3H2;/q2*+1. The van der Waals surface area contributed by atoms with Gasteiger partial charge in [-0.05, 0) is 6.08 Å². The van der Waals surface area contributed by atoms with Crippen molar-refractivity contribution in [2.45, 2.75) is 0 Å². The quantitative estimate of drug-likeness (QED) is 0.194. The third kappa shape index (κ3) is 8.82. The summed E-state index contributed by atoms with van der Waals surface area (Å²) in [5.41, 5.74) is 0. The van der Waals surface area contributed by atoms with Crippen molar-refractivity contribution in [1.82, 2.24) is 0 Å². The van der Waals surface area contributed by atoms with Crippen LogP contribution in [0.4, 0.5) is 0 Å². The first kappa shape index (κ1) is 9.72. The zero-order valence-electron chi connectivity index (χ0n) is 3.94. The molecule has 0 aromatic heterocycles. The Morgan fingerprint density at radius 1 is 1.83 bits per heavy atom. The van der Waals surface area contributed by atoms with Crippen LogP contribution < -0.4 is 18.9 Å². The van der Waals surface area contributed by atoms with E-state index in [1.807, 2.05) is 0 Å². The molecule has 0 amide bonds. The Kier molecular flexibility index (Phi) is 14.7. The molecule has 27 valence electrons. The van der Waals surface area contributed by atoms with E-state index in [1.165, 1.54) is 0 Å². The minimum Gasteiger partial charge on any atom is -0.520 e. The Morgan fingerprint density at radius 2 is 2.33 bits per heavy atom. The van der Waals surface area contributed by atoms with E-state index in [4.69, 9.17) is 0 Å². The summed E-state index contributed by atoms with van der Waals surface area (Å²) in [6.07, 6.45) is 1.72. The van der Waals surface area contributed by atoms with E-state index in [1.54, 1.807) is 6.08 Å². The summed E-state index contributed by atoms with van der Waals surface area (Å²) in [6.45, 7) is 4.12. The van der Waals surface area contributed by atoms with Crippen LogP contribution >= 0.6 is 0 Å². The molecule has 0 atom stereocenters. The van der Waals surface area contributed by atoms with Gasteiger partial charge in [0, 0.05) is 0 Å². The number of rotatable bonds is 2. The van der Waals surface area contributed by atoms with Crippen molar-refractivity contribution in [3.8, 4) is 0 Å². The Balaban J connectivity index is 0. The predicted octanol–water partition coefficient (Wildman–Crippen LogP) is -3.21. The normalized spacial score (nSPS) is 6.17. The molecule has 6 heavy (non-hydrogen) atoms. The van der Waals surface area contributed by atoms with E-state index >= 15 is 0 Å². The van der Waals surface area contributed by atoms with Crippen molar-refractivity contribution in [2.24, 2.45) is 0 Å². The van der Waals surface area contributed by atoms with Crippen LogP contribution in [-0.4, -0.2) is 21.5 Å². The molecule has 0 fully saturated rings. The fraction of sp³-hybridized carbons (Fsp3) is 0.333. The number of hydrogen-bond acceptors (Lipinski definition) is 0. The van der Waals surface area contributed by atoms with Crippen molar-refractivity contribution in [1.29, 1.82) is 0 Å². The Hall–Kier alpha value is 0.514. The Bertz CT molecular complexity index is 32.0. The predicted molar refractivity (Wildman–Crippen MR) is 23.0 cm³/mol. The molecule has 1 nitrogen and oxygen atoms in total. The van der Waals surface area contributed by atoms with Gasteiger partial charge in [0.15, 0.2) is 0 Å². The molecule has 0 saturated carbocycles. The van der Waals surface area contributed by atoms with Crippen molar-refractivity contribution >= 4 is 10.5 Å². The van der Waals surface area contributed by atoms with Crippen molar-refractivity contribution in [3.05, 3.63) is 12.7 Å². The van der Waals surface area contributed by atoms with Crippen LogP contribution in [0.3, 0.4) is 0 Å². The minimum absolute atomic E-state index is 0. The largest absolute Gasteiger partial charge is 1.00 e. The van der Waals surface area contributed by atoms with Crippen LogP contribution in [0, 0.1) is 0 Å². The topological polar surface area (TPSA) is 12.8 Å². The van der Waals surface area contributed by atoms with Crippen molar-refractivity contribution in [2.75, 3.05) is 6.61 Å². The van der Waals surface area contributed by atoms with Gasteiger partial charge in [-0.15, -0.1) is 0 Å². The molecule has 0 aliphatic rings. The Labute approximate surface area is 53.5 Å². The summed E-state index contributed by atoms with van der Waals surface area (Å²) in [5, 5.41) is 0. The van der Waals surface area contributed by atoms with Gasteiger partial charge in [0.25, 0.3) is 0 Å². The van der Waals surface area contributed by atoms with Crippen LogP contribution in [0.1, 0.15) is 0 Å². The average Bonchev–Trinajstić information content (AvgIpc) is 1.41. The van der Waals surface area contributed by atoms with E-state index in [0.717, 1.165) is 0 Å². The fourth-order valence-corrected chi connectivity index (χ4v) is 0.194. The van der Waals surface area contributed by atoms with Gasteiger partial charge >= 0.3 is 29.3 Å². The third-order valence-electron chi connectivity index (χ3n) is 0.220. The monoisotopic (exact) mass is 93.0 g/mol. The average molecular weight is 93.1 g/mol. The molecule has 1 N–H and O–H groups in total. The van der Waals surface area contributed by atoms with Crippen LogP contribution in [0.15, 0.2) is 12.7 Å². The van der Waals surface area contributed by atoms with Gasteiger partial charge in [-0.3, -0.25) is 0 Å². The van der Waals surface area contributed by atoms with Crippen LogP contribution in [0.2, 0.25) is 0 Å². The molecule has 0 bridgehead atoms. The SMILES string of the molecule is C=CC[OH+][Si].[Li+]. The molecule has 0 aliphatic heterocycles. The van der Waals surface area contributed by atoms with E-state index in [-0.39, 0.29) is 18.9 Å². The minimum atomic E-state index is 0. The first-order valence-electron chi connectivity index (χ1n) is 1.36. The molecular formula is C3H6LiOSi+2. The maximum absolute atomic E-state index is 3.54. The summed E-state index contributed by atoms with van der Waals surface area (Å²) in [4.78, 5) is 0. The van der Waals surface area contributed by atoms with Gasteiger partial charge in [0.05, 0.1) is 0 Å². The molecule has 0 rings (SSSR count). The molecule has 0 aliphatic carbocycles. The molecule has 3 radical (unpaired) electrons. The molecule has 0 heterocycles. The van der Waals surface area contributed by atoms with Gasteiger partial charge in [-0.1, -0.05) is 6.58 Å². The molecule has 0 unspecified atom stereocenters. The van der Waals surface area contributed by atoms with Gasteiger partial charge in [0.2, 0.25) is 0 Å². The first-order valence-corrected chi connectivity index (χ1v) is 1.80. The summed E-state index contributed by atoms with van der Waals surface area (Å²) < 4.78 is 3.54. The van der Waals surface area contributed by atoms with Gasteiger partial charge in [-0.25, -0.2) is 0 Å². The van der Waals surface area contributed by atoms with Crippen molar-refractivity contribution < 1.29 is 23.3 Å². The fourth-order valence-electron chi connectivity index (χ4n) is 0.0645. The second kappa shape index (κ2) is 9.10. The smallest absolute Gasteiger partial charge is 0.520 e. The van der Waals surface area contributed by atoms with Crippen LogP contribution in [0.25, 0.3) is 0 Å². The maximum Gasteiger partial charge on any atom is 1.00 e. The molecule has 3 heteroatoms. The van der Waals surface area contributed by atoms with Gasteiger partial charge in [-0.2, -0.15) is 0 Å². The summed E-state index contributed by atoms with van der Waals surface area (Å²) in [6, 6.07) is 0. The van der Waals surface area contributed by atoms with E-state index < -0.39 is 0 Å². The maximum atomic E-state index is 3.54. The molecular weight excluding hydrogens is 87.1 g/mol. The summed E-state index contributed by atoms with van der Waals surface area (Å²) in [7, 11) is 2.90. The molecule has 0 saturated heterocycles. The van der Waals surface area contributed by atoms with Crippen LogP contribution in [-0.2, 0) is 0 Å². The first-order chi connectivity index (χ1) is 2.41. The van der Waals surface area contributed by atoms with Gasteiger partial charge in [0.1, 0.15) is 6.61 Å². The molecule has 0 aromatic carbocycles. The van der Waals surface area contributed by atoms with E-state index in [0.29, 0.717) is 6.61 Å². The molecule has 0 aromatic rings. The van der Waals surface area contributed by atoms with E-state index in [2.05, 4.69) is 21.5 Å². The molecule has 0 spiro atoms. The van der Waals surface area contributed by atoms with Crippen LogP contribution in [0.5, 0.6) is 0 Å². The summed E-state index contributed by atoms with van der Waals surface area (Å²) in [5.74, 6) is 0. The van der Waals surface area contributed by atoms with E-state index in [9.17, 15) is 0 Å². The number of aliphatic hydroxyl groups is 1. The second-order valence-corrected chi connectivity index (χ2v) is 0.946. The van der Waals surface area contributed by atoms with Gasteiger partial charge < -0.3 is 4.43 Å². The zero-order chi connectivity index (χ0) is 4.12. The van der Waals surface area contributed by atoms with Crippen molar-refractivity contribution in [3.63, 3.8) is 0 Å². The number of hydrogen-bond donors (Lipinski definition) is 0. The summed E-state index contributed by atoms with van der Waals surface area (Å²) >= 11 is 0. The Morgan fingerprint density at radius 3 is 2.33 bits per heavy atom. The second-order valence-electron chi connectivity index (χ2n) is 0.629.